The maximum absolute atomic E-state index is 14.2. The van der Waals surface area contributed by atoms with Crippen molar-refractivity contribution in [1.82, 2.24) is 20.1 Å². The number of aryl methyl sites for hydroxylation is 1. The highest BCUT2D eigenvalue weighted by atomic mass is 32.1. The number of nitrogens with zero attached hydrogens (tertiary/aromatic N) is 3. The van der Waals surface area contributed by atoms with E-state index in [1.54, 1.807) is 17.2 Å². The van der Waals surface area contributed by atoms with Gasteiger partial charge in [-0.2, -0.15) is 0 Å². The van der Waals surface area contributed by atoms with Crippen molar-refractivity contribution >= 4 is 29.3 Å². The Balaban J connectivity index is 1.73. The second kappa shape index (κ2) is 16.2. The summed E-state index contributed by atoms with van der Waals surface area (Å²) < 4.78 is 10.8. The summed E-state index contributed by atoms with van der Waals surface area (Å²) in [6, 6.07) is 9.17. The average Bonchev–Trinajstić information content (AvgIpc) is 3.48. The van der Waals surface area contributed by atoms with Crippen LogP contribution < -0.4 is 5.32 Å². The van der Waals surface area contributed by atoms with Gasteiger partial charge in [0.1, 0.15) is 6.61 Å². The molecule has 0 spiro atoms. The van der Waals surface area contributed by atoms with Gasteiger partial charge in [-0.25, -0.2) is 14.6 Å². The highest BCUT2D eigenvalue weighted by molar-refractivity contribution is 7.09. The van der Waals surface area contributed by atoms with E-state index >= 15 is 0 Å². The molecule has 1 aromatic heterocycles. The number of rotatable bonds is 14. The van der Waals surface area contributed by atoms with Crippen LogP contribution in [0.15, 0.2) is 35.7 Å². The van der Waals surface area contributed by atoms with Crippen molar-refractivity contribution in [3.63, 3.8) is 0 Å². The van der Waals surface area contributed by atoms with E-state index in [1.807, 2.05) is 49.2 Å². The van der Waals surface area contributed by atoms with Crippen LogP contribution in [0.25, 0.3) is 0 Å². The van der Waals surface area contributed by atoms with Crippen LogP contribution in [0.5, 0.6) is 0 Å². The van der Waals surface area contributed by atoms with E-state index in [2.05, 4.69) is 38.0 Å². The van der Waals surface area contributed by atoms with Crippen LogP contribution in [0.1, 0.15) is 94.7 Å². The lowest BCUT2D eigenvalue weighted by atomic mass is 9.90. The van der Waals surface area contributed by atoms with Gasteiger partial charge in [-0.05, 0) is 56.9 Å². The molecule has 238 valence electrons. The molecule has 1 N–H and O–H groups in total. The minimum absolute atomic E-state index is 0.0174. The minimum atomic E-state index is -0.714. The van der Waals surface area contributed by atoms with Gasteiger partial charge < -0.3 is 14.4 Å². The average molecular weight is 615 g/mol. The maximum Gasteiger partial charge on any atom is 0.411 e. The van der Waals surface area contributed by atoms with E-state index in [4.69, 9.17) is 9.47 Å². The number of aromatic nitrogens is 1. The molecule has 0 saturated carbocycles. The number of amides is 2. The van der Waals surface area contributed by atoms with Gasteiger partial charge in [0.05, 0.1) is 23.3 Å². The zero-order valence-electron chi connectivity index (χ0n) is 26.9. The molecule has 2 heterocycles. The summed E-state index contributed by atoms with van der Waals surface area (Å²) in [5.41, 5.74) is 0.557. The van der Waals surface area contributed by atoms with Gasteiger partial charge in [-0.1, -0.05) is 64.4 Å². The van der Waals surface area contributed by atoms with E-state index in [0.717, 1.165) is 42.7 Å². The van der Waals surface area contributed by atoms with E-state index in [1.165, 1.54) is 11.3 Å². The summed E-state index contributed by atoms with van der Waals surface area (Å²) >= 11 is 1.44. The van der Waals surface area contributed by atoms with E-state index in [-0.39, 0.29) is 36.5 Å². The number of carbonyl (C=O) groups is 3. The lowest BCUT2D eigenvalue weighted by Crippen LogP contribution is -2.67. The molecule has 0 aliphatic carbocycles. The Bertz CT molecular complexity index is 1190. The van der Waals surface area contributed by atoms with Crippen molar-refractivity contribution in [1.29, 1.82) is 0 Å². The predicted molar refractivity (Wildman–Crippen MR) is 170 cm³/mol. The zero-order chi connectivity index (χ0) is 31.6. The second-order valence-electron chi connectivity index (χ2n) is 12.1. The molecule has 0 unspecified atom stereocenters. The summed E-state index contributed by atoms with van der Waals surface area (Å²) in [5, 5.41) is 6.25. The Morgan fingerprint density at radius 2 is 1.84 bits per heavy atom. The fourth-order valence-electron chi connectivity index (χ4n) is 5.73. The van der Waals surface area contributed by atoms with Gasteiger partial charge in [0.2, 0.25) is 5.91 Å². The number of nitrogens with one attached hydrogen (secondary N) is 1. The first-order valence-corrected chi connectivity index (χ1v) is 16.5. The Kier molecular flexibility index (Phi) is 13.0. The number of hydrogen-bond donors (Lipinski definition) is 1. The van der Waals surface area contributed by atoms with Crippen molar-refractivity contribution in [3.05, 3.63) is 52.0 Å². The number of benzene rings is 1. The largest absolute Gasteiger partial charge is 0.461 e. The molecule has 1 saturated heterocycles. The fourth-order valence-corrected chi connectivity index (χ4v) is 6.52. The summed E-state index contributed by atoms with van der Waals surface area (Å²) in [7, 11) is 1.88. The van der Waals surface area contributed by atoms with Crippen molar-refractivity contribution in [3.8, 4) is 0 Å². The van der Waals surface area contributed by atoms with Crippen LogP contribution in [0, 0.1) is 11.8 Å². The molecule has 2 aromatic rings. The maximum atomic E-state index is 14.2. The second-order valence-corrected chi connectivity index (χ2v) is 13.0. The molecule has 0 radical (unpaired) electrons. The first-order valence-electron chi connectivity index (χ1n) is 15.6. The quantitative estimate of drug-likeness (QED) is 0.250. The van der Waals surface area contributed by atoms with Crippen LogP contribution in [-0.4, -0.2) is 70.7 Å². The normalized spacial score (nSPS) is 19.0. The van der Waals surface area contributed by atoms with Gasteiger partial charge in [-0.15, -0.1) is 11.3 Å². The molecule has 0 bridgehead atoms. The fraction of sp³-hybridized carbons (Fsp3) is 0.636. The van der Waals surface area contributed by atoms with Gasteiger partial charge in [0.25, 0.3) is 0 Å². The number of carbonyl (C=O) groups excluding carboxylic acids is 3. The number of likely N-dealkylation sites (tertiary alicyclic amines) is 1. The smallest absolute Gasteiger partial charge is 0.411 e. The molecule has 1 aliphatic rings. The van der Waals surface area contributed by atoms with Gasteiger partial charge in [0, 0.05) is 31.4 Å². The Labute approximate surface area is 261 Å². The molecule has 10 heteroatoms. The zero-order valence-corrected chi connectivity index (χ0v) is 27.7. The van der Waals surface area contributed by atoms with Crippen molar-refractivity contribution in [2.45, 2.75) is 104 Å². The molecule has 3 rings (SSSR count). The van der Waals surface area contributed by atoms with Crippen LogP contribution >= 0.6 is 11.3 Å². The standard InChI is InChI=1S/C33H50N4O5S/c1-8-24(5)29(35-33(6)19-13-14-20-37(33)32(40)42-21-25-15-11-10-12-16-25)30(38)36(7)27(23(3)4)17-18-28-34-26(22-43-28)31(39)41-9-2/h10-12,15-16,22-24,27,29,35H,8-9,13-14,17-21H2,1-7H3/t24-,27-,29-,33+/m0/s1. The number of likely N-dealkylation sites (N-methyl/N-ethyl adjacent to an activating group) is 1. The Hall–Kier alpha value is -2.98. The van der Waals surface area contributed by atoms with E-state index in [0.29, 0.717) is 25.3 Å². The number of hydrogen-bond acceptors (Lipinski definition) is 8. The van der Waals surface area contributed by atoms with E-state index in [9.17, 15) is 14.4 Å². The molecule has 1 fully saturated rings. The first kappa shape index (κ1) is 34.5. The topological polar surface area (TPSA) is 101 Å². The first-order chi connectivity index (χ1) is 20.5. The molecule has 2 amide bonds. The number of thiazole rings is 1. The molecule has 43 heavy (non-hydrogen) atoms. The van der Waals surface area contributed by atoms with Crippen molar-refractivity contribution < 1.29 is 23.9 Å². The molecule has 1 aliphatic heterocycles. The van der Waals surface area contributed by atoms with Crippen molar-refractivity contribution in [2.24, 2.45) is 11.8 Å². The minimum Gasteiger partial charge on any atom is -0.461 e. The third-order valence-electron chi connectivity index (χ3n) is 8.57. The summed E-state index contributed by atoms with van der Waals surface area (Å²) in [5.74, 6) is -0.126. The third kappa shape index (κ3) is 9.25. The Morgan fingerprint density at radius 1 is 1.12 bits per heavy atom. The lowest BCUT2D eigenvalue weighted by Gasteiger charge is -2.47. The van der Waals surface area contributed by atoms with E-state index < -0.39 is 17.7 Å². The molecular weight excluding hydrogens is 564 g/mol. The molecule has 4 atom stereocenters. The lowest BCUT2D eigenvalue weighted by molar-refractivity contribution is -0.138. The molecular formula is C33H50N4O5S. The number of piperidine rings is 1. The highest BCUT2D eigenvalue weighted by Crippen LogP contribution is 2.30. The Morgan fingerprint density at radius 3 is 2.49 bits per heavy atom. The van der Waals surface area contributed by atoms with Crippen LogP contribution in [-0.2, 0) is 27.3 Å². The SMILES string of the molecule is CCOC(=O)c1csc(CC[C@@H](C(C)C)N(C)C(=O)[C@@H](N[C@@]2(C)CCCCN2C(=O)OCc2ccccc2)[C@@H](C)CC)n1. The summed E-state index contributed by atoms with van der Waals surface area (Å²) in [6.07, 6.45) is 4.41. The molecule has 1 aromatic carbocycles. The third-order valence-corrected chi connectivity index (χ3v) is 9.48. The van der Waals surface area contributed by atoms with Gasteiger partial charge in [-0.3, -0.25) is 15.0 Å². The summed E-state index contributed by atoms with van der Waals surface area (Å²) in [4.78, 5) is 47.7. The predicted octanol–water partition coefficient (Wildman–Crippen LogP) is 6.28. The summed E-state index contributed by atoms with van der Waals surface area (Å²) in [6.45, 7) is 13.3. The highest BCUT2D eigenvalue weighted by Gasteiger charge is 2.43. The monoisotopic (exact) mass is 614 g/mol. The van der Waals surface area contributed by atoms with Crippen LogP contribution in [0.3, 0.4) is 0 Å². The van der Waals surface area contributed by atoms with Crippen molar-refractivity contribution in [2.75, 3.05) is 20.2 Å². The number of esters is 1. The number of ether oxygens (including phenoxy) is 2. The van der Waals surface area contributed by atoms with Gasteiger partial charge in [0.15, 0.2) is 5.69 Å². The van der Waals surface area contributed by atoms with Crippen LogP contribution in [0.2, 0.25) is 0 Å². The molecule has 9 nitrogen and oxygen atoms in total. The van der Waals surface area contributed by atoms with Gasteiger partial charge >= 0.3 is 12.1 Å². The van der Waals surface area contributed by atoms with Crippen LogP contribution in [0.4, 0.5) is 4.79 Å².